The molecule has 1 fully saturated rings. The van der Waals surface area contributed by atoms with Gasteiger partial charge in [-0.1, -0.05) is 51.1 Å². The Morgan fingerprint density at radius 3 is 2.15 bits per heavy atom. The molecule has 0 radical (unpaired) electrons. The van der Waals surface area contributed by atoms with Crippen molar-refractivity contribution < 1.29 is 18.5 Å². The smallest absolute Gasteiger partial charge is 0.486 e. The molecule has 6 nitrogen and oxygen atoms in total. The molecule has 0 atom stereocenters. The highest BCUT2D eigenvalue weighted by Crippen LogP contribution is 2.38. The van der Waals surface area contributed by atoms with Crippen LogP contribution in [0.3, 0.4) is 0 Å². The van der Waals surface area contributed by atoms with Crippen molar-refractivity contribution in [3.05, 3.63) is 41.6 Å². The second-order valence-electron chi connectivity index (χ2n) is 11.5. The van der Waals surface area contributed by atoms with Crippen LogP contribution in [-0.4, -0.2) is 43.0 Å². The van der Waals surface area contributed by atoms with Gasteiger partial charge < -0.3 is 18.5 Å². The van der Waals surface area contributed by atoms with Crippen LogP contribution in [0.5, 0.6) is 5.75 Å². The molecule has 2 aromatic rings. The Balaban J connectivity index is 1.88. The average Bonchev–Trinajstić information content (AvgIpc) is 3.11. The number of rotatable bonds is 8. The molecule has 0 unspecified atom stereocenters. The van der Waals surface area contributed by atoms with Gasteiger partial charge in [-0.25, -0.2) is 0 Å². The van der Waals surface area contributed by atoms with E-state index >= 15 is 0 Å². The number of ether oxygens (including phenoxy) is 1. The third-order valence-corrected chi connectivity index (χ3v) is 11.9. The van der Waals surface area contributed by atoms with Gasteiger partial charge in [0.25, 0.3) is 0 Å². The first-order chi connectivity index (χ1) is 15.1. The monoisotopic (exact) mass is 472 g/mol. The summed E-state index contributed by atoms with van der Waals surface area (Å²) in [7, 11) is -2.41. The van der Waals surface area contributed by atoms with Gasteiger partial charge in [-0.2, -0.15) is 5.10 Å². The molecular formula is C25H41BN2O4Si. The van der Waals surface area contributed by atoms with Crippen LogP contribution in [0.25, 0.3) is 0 Å². The minimum absolute atomic E-state index is 0.158. The Morgan fingerprint density at radius 1 is 1.03 bits per heavy atom. The molecule has 0 spiro atoms. The van der Waals surface area contributed by atoms with Gasteiger partial charge in [0.2, 0.25) is 0 Å². The summed E-state index contributed by atoms with van der Waals surface area (Å²) >= 11 is 0. The van der Waals surface area contributed by atoms with E-state index in [2.05, 4.69) is 73.7 Å². The van der Waals surface area contributed by atoms with E-state index in [0.717, 1.165) is 22.6 Å². The van der Waals surface area contributed by atoms with E-state index in [1.54, 1.807) is 0 Å². The summed E-state index contributed by atoms with van der Waals surface area (Å²) in [6.45, 7) is 23.2. The Kier molecular flexibility index (Phi) is 7.26. The van der Waals surface area contributed by atoms with E-state index in [1.165, 1.54) is 0 Å². The first-order valence-corrected chi connectivity index (χ1v) is 14.8. The summed E-state index contributed by atoms with van der Waals surface area (Å²) in [6, 6.07) is 10.2. The molecule has 1 aliphatic rings. The Morgan fingerprint density at radius 2 is 1.61 bits per heavy atom. The second-order valence-corrected chi connectivity index (χ2v) is 16.3. The maximum Gasteiger partial charge on any atom is 0.518 e. The quantitative estimate of drug-likeness (QED) is 0.501. The number of benzene rings is 1. The largest absolute Gasteiger partial charge is 0.518 e. The van der Waals surface area contributed by atoms with Crippen LogP contribution in [0, 0.1) is 6.92 Å². The van der Waals surface area contributed by atoms with Gasteiger partial charge in [-0.3, -0.25) is 4.68 Å². The minimum Gasteiger partial charge on any atom is -0.486 e. The summed E-state index contributed by atoms with van der Waals surface area (Å²) < 4.78 is 27.5. The van der Waals surface area contributed by atoms with Crippen molar-refractivity contribution in [2.45, 2.75) is 97.9 Å². The normalized spacial score (nSPS) is 18.1. The lowest BCUT2D eigenvalue weighted by atomic mass is 9.83. The van der Waals surface area contributed by atoms with Gasteiger partial charge in [-0.15, -0.1) is 0 Å². The van der Waals surface area contributed by atoms with Crippen LogP contribution in [0.2, 0.25) is 18.1 Å². The molecule has 33 heavy (non-hydrogen) atoms. The molecule has 1 aromatic carbocycles. The molecule has 3 rings (SSSR count). The zero-order valence-corrected chi connectivity index (χ0v) is 23.1. The number of aromatic nitrogens is 2. The van der Waals surface area contributed by atoms with Gasteiger partial charge in [-0.05, 0) is 58.3 Å². The fraction of sp³-hybridized carbons (Fsp3) is 0.640. The van der Waals surface area contributed by atoms with Crippen LogP contribution in [0.1, 0.15) is 59.7 Å². The van der Waals surface area contributed by atoms with E-state index < -0.39 is 26.6 Å². The van der Waals surface area contributed by atoms with Crippen molar-refractivity contribution in [3.63, 3.8) is 0 Å². The summed E-state index contributed by atoms with van der Waals surface area (Å²) in [5, 5.41) is 4.97. The topological polar surface area (TPSA) is 54.7 Å². The molecule has 182 valence electrons. The summed E-state index contributed by atoms with van der Waals surface area (Å²) in [5.41, 5.74) is 1.85. The lowest BCUT2D eigenvalue weighted by Gasteiger charge is -2.36. The van der Waals surface area contributed by atoms with Crippen LogP contribution in [0.15, 0.2) is 30.3 Å². The molecule has 0 bridgehead atoms. The van der Waals surface area contributed by atoms with Crippen LogP contribution in [0.4, 0.5) is 0 Å². The van der Waals surface area contributed by atoms with Crippen molar-refractivity contribution in [2.75, 3.05) is 6.61 Å². The molecule has 0 saturated carbocycles. The third kappa shape index (κ3) is 5.56. The SMILES string of the molecule is Cc1nn(CCO[Si](C)(C)C(C)(C)C)c(B2OC(C)(C)C(C)(C)O2)c1OCc1ccccc1. The number of nitrogens with zero attached hydrogens (tertiary/aromatic N) is 2. The molecule has 2 heterocycles. The molecule has 8 heteroatoms. The van der Waals surface area contributed by atoms with Crippen molar-refractivity contribution in [3.8, 4) is 5.75 Å². The first kappa shape index (κ1) is 26.0. The van der Waals surface area contributed by atoms with Crippen LogP contribution >= 0.6 is 0 Å². The number of hydrogen-bond donors (Lipinski definition) is 0. The molecule has 0 amide bonds. The van der Waals surface area contributed by atoms with Crippen molar-refractivity contribution in [2.24, 2.45) is 0 Å². The van der Waals surface area contributed by atoms with Crippen molar-refractivity contribution in [1.29, 1.82) is 0 Å². The molecule has 0 N–H and O–H groups in total. The maximum atomic E-state index is 6.43. The Bertz CT molecular complexity index is 935. The highest BCUT2D eigenvalue weighted by molar-refractivity contribution is 6.74. The highest BCUT2D eigenvalue weighted by Gasteiger charge is 2.54. The maximum absolute atomic E-state index is 6.43. The predicted octanol–water partition coefficient (Wildman–Crippen LogP) is 5.09. The van der Waals surface area contributed by atoms with Crippen molar-refractivity contribution in [1.82, 2.24) is 9.78 Å². The van der Waals surface area contributed by atoms with Crippen LogP contribution < -0.4 is 10.3 Å². The fourth-order valence-corrected chi connectivity index (χ4v) is 4.48. The number of hydrogen-bond acceptors (Lipinski definition) is 5. The lowest BCUT2D eigenvalue weighted by molar-refractivity contribution is 0.00578. The summed E-state index contributed by atoms with van der Waals surface area (Å²) in [5.74, 6) is 0.727. The fourth-order valence-electron chi connectivity index (χ4n) is 3.45. The second kappa shape index (κ2) is 9.21. The predicted molar refractivity (Wildman–Crippen MR) is 137 cm³/mol. The lowest BCUT2D eigenvalue weighted by Crippen LogP contribution is -2.44. The van der Waals surface area contributed by atoms with Crippen molar-refractivity contribution >= 4 is 21.0 Å². The van der Waals surface area contributed by atoms with Gasteiger partial charge in [0.05, 0.1) is 24.4 Å². The third-order valence-electron chi connectivity index (χ3n) is 7.38. The van der Waals surface area contributed by atoms with Gasteiger partial charge in [0.15, 0.2) is 14.1 Å². The molecule has 1 aliphatic heterocycles. The molecule has 1 aromatic heterocycles. The van der Waals surface area contributed by atoms with E-state index in [1.807, 2.05) is 29.8 Å². The van der Waals surface area contributed by atoms with E-state index in [9.17, 15) is 0 Å². The zero-order chi connectivity index (χ0) is 24.7. The molecular weight excluding hydrogens is 431 g/mol. The standard InChI is InChI=1S/C25H41BN2O4Si/c1-19-21(29-18-20-14-12-11-13-15-20)22(26-31-24(5,6)25(7,8)32-26)28(27-19)16-17-30-33(9,10)23(2,3)4/h11-15H,16-18H2,1-10H3. The molecule has 0 aliphatic carbocycles. The first-order valence-electron chi connectivity index (χ1n) is 11.9. The van der Waals surface area contributed by atoms with Gasteiger partial charge >= 0.3 is 7.12 Å². The van der Waals surface area contributed by atoms with Gasteiger partial charge in [0.1, 0.15) is 17.9 Å². The summed E-state index contributed by atoms with van der Waals surface area (Å²) in [6.07, 6.45) is 0. The Labute approximate surface area is 201 Å². The summed E-state index contributed by atoms with van der Waals surface area (Å²) in [4.78, 5) is 0. The minimum atomic E-state index is -1.85. The van der Waals surface area contributed by atoms with E-state index in [-0.39, 0.29) is 5.04 Å². The Hall–Kier alpha value is -1.61. The highest BCUT2D eigenvalue weighted by atomic mass is 28.4. The number of aryl methyl sites for hydroxylation is 1. The zero-order valence-electron chi connectivity index (χ0n) is 22.1. The molecule has 1 saturated heterocycles. The van der Waals surface area contributed by atoms with Crippen LogP contribution in [-0.2, 0) is 26.9 Å². The average molecular weight is 473 g/mol. The van der Waals surface area contributed by atoms with Gasteiger partial charge in [0, 0.05) is 0 Å². The van der Waals surface area contributed by atoms with E-state index in [0.29, 0.717) is 19.8 Å². The van der Waals surface area contributed by atoms with E-state index in [4.69, 9.17) is 23.6 Å².